The van der Waals surface area contributed by atoms with Crippen LogP contribution in [0.3, 0.4) is 0 Å². The summed E-state index contributed by atoms with van der Waals surface area (Å²) in [5.74, 6) is 1.08. The third kappa shape index (κ3) is 4.12. The van der Waals surface area contributed by atoms with E-state index in [1.165, 1.54) is 11.4 Å². The Kier molecular flexibility index (Phi) is 5.65. The van der Waals surface area contributed by atoms with Crippen molar-refractivity contribution in [3.63, 3.8) is 0 Å². The van der Waals surface area contributed by atoms with Crippen LogP contribution in [-0.4, -0.2) is 40.6 Å². The van der Waals surface area contributed by atoms with Crippen molar-refractivity contribution >= 4 is 33.0 Å². The number of carbonyl (C=O) groups is 1. The van der Waals surface area contributed by atoms with E-state index in [1.807, 2.05) is 24.3 Å². The maximum atomic E-state index is 12.6. The van der Waals surface area contributed by atoms with Crippen molar-refractivity contribution in [1.82, 2.24) is 5.32 Å². The Morgan fingerprint density at radius 2 is 1.83 bits per heavy atom. The molecule has 1 aliphatic heterocycles. The quantitative estimate of drug-likeness (QED) is 0.631. The van der Waals surface area contributed by atoms with Crippen LogP contribution in [0.4, 0.5) is 5.69 Å². The lowest BCUT2D eigenvalue weighted by molar-refractivity contribution is 0.0789. The number of amides is 1. The third-order valence-electron chi connectivity index (χ3n) is 4.66. The summed E-state index contributed by atoms with van der Waals surface area (Å²) in [5.41, 5.74) is 0.901. The first-order valence-corrected chi connectivity index (χ1v) is 11.6. The zero-order valence-corrected chi connectivity index (χ0v) is 17.8. The van der Waals surface area contributed by atoms with Gasteiger partial charge in [0, 0.05) is 12.6 Å². The SMILES string of the molecule is CN(c1ccc(C(=O)NCC2COc3ccccc3O2)cc1)S(=O)(=O)c1cccs1. The maximum Gasteiger partial charge on any atom is 0.273 e. The molecule has 1 N–H and O–H groups in total. The van der Waals surface area contributed by atoms with Gasteiger partial charge in [-0.3, -0.25) is 9.10 Å². The summed E-state index contributed by atoms with van der Waals surface area (Å²) in [6.45, 7) is 0.642. The normalized spacial score (nSPS) is 15.4. The Balaban J connectivity index is 1.37. The van der Waals surface area contributed by atoms with Crippen LogP contribution < -0.4 is 19.1 Å². The lowest BCUT2D eigenvalue weighted by Gasteiger charge is -2.26. The molecule has 0 spiro atoms. The number of para-hydroxylation sites is 2. The standard InChI is InChI=1S/C21H20N2O5S2/c1-23(30(25,26)20-7-4-12-29-20)16-10-8-15(9-11-16)21(24)22-13-17-14-27-18-5-2-3-6-19(18)28-17/h2-12,17H,13-14H2,1H3,(H,22,24). The van der Waals surface area contributed by atoms with E-state index in [4.69, 9.17) is 9.47 Å². The summed E-state index contributed by atoms with van der Waals surface area (Å²) in [4.78, 5) is 12.5. The highest BCUT2D eigenvalue weighted by atomic mass is 32.2. The van der Waals surface area contributed by atoms with E-state index in [2.05, 4.69) is 5.32 Å². The fourth-order valence-corrected chi connectivity index (χ4v) is 5.34. The van der Waals surface area contributed by atoms with Crippen LogP contribution in [0, 0.1) is 0 Å². The molecule has 4 rings (SSSR count). The summed E-state index contributed by atoms with van der Waals surface area (Å²) in [6.07, 6.45) is -0.287. The molecule has 0 aliphatic carbocycles. The molecule has 30 heavy (non-hydrogen) atoms. The monoisotopic (exact) mass is 444 g/mol. The summed E-state index contributed by atoms with van der Waals surface area (Å²) < 4.78 is 38.2. The number of nitrogens with zero attached hydrogens (tertiary/aromatic N) is 1. The van der Waals surface area contributed by atoms with E-state index in [0.717, 1.165) is 11.3 Å². The van der Waals surface area contributed by atoms with Gasteiger partial charge in [-0.15, -0.1) is 11.3 Å². The highest BCUT2D eigenvalue weighted by Gasteiger charge is 2.23. The lowest BCUT2D eigenvalue weighted by atomic mass is 10.2. The van der Waals surface area contributed by atoms with E-state index in [0.29, 0.717) is 35.9 Å². The summed E-state index contributed by atoms with van der Waals surface area (Å²) in [5, 5.41) is 4.54. The number of thiophene rings is 1. The van der Waals surface area contributed by atoms with Gasteiger partial charge in [-0.05, 0) is 47.8 Å². The lowest BCUT2D eigenvalue weighted by Crippen LogP contribution is -2.40. The van der Waals surface area contributed by atoms with Crippen LogP contribution in [-0.2, 0) is 10.0 Å². The summed E-state index contributed by atoms with van der Waals surface area (Å²) in [6, 6.07) is 17.1. The Hall–Kier alpha value is -3.04. The van der Waals surface area contributed by atoms with E-state index >= 15 is 0 Å². The van der Waals surface area contributed by atoms with Gasteiger partial charge in [-0.2, -0.15) is 0 Å². The average Bonchev–Trinajstić information content (AvgIpc) is 3.33. The second kappa shape index (κ2) is 8.37. The molecule has 0 saturated heterocycles. The molecular formula is C21H20N2O5S2. The minimum atomic E-state index is -3.61. The number of benzene rings is 2. The second-order valence-electron chi connectivity index (χ2n) is 6.66. The number of nitrogens with one attached hydrogen (secondary N) is 1. The number of hydrogen-bond donors (Lipinski definition) is 1. The molecule has 9 heteroatoms. The van der Waals surface area contributed by atoms with E-state index in [1.54, 1.807) is 41.8 Å². The summed E-state index contributed by atoms with van der Waals surface area (Å²) in [7, 11) is -2.12. The van der Waals surface area contributed by atoms with Crippen LogP contribution in [0.2, 0.25) is 0 Å². The minimum absolute atomic E-state index is 0.267. The van der Waals surface area contributed by atoms with E-state index in [-0.39, 0.29) is 16.2 Å². The highest BCUT2D eigenvalue weighted by molar-refractivity contribution is 7.94. The van der Waals surface area contributed by atoms with Crippen molar-refractivity contribution in [1.29, 1.82) is 0 Å². The molecule has 0 bridgehead atoms. The molecule has 1 atom stereocenters. The molecule has 1 amide bonds. The number of carbonyl (C=O) groups excluding carboxylic acids is 1. The molecule has 1 aromatic heterocycles. The number of hydrogen-bond acceptors (Lipinski definition) is 6. The van der Waals surface area contributed by atoms with Crippen LogP contribution in [0.15, 0.2) is 70.3 Å². The van der Waals surface area contributed by atoms with Gasteiger partial charge in [-0.25, -0.2) is 8.42 Å². The molecular weight excluding hydrogens is 424 g/mol. The third-order valence-corrected chi connectivity index (χ3v) is 7.82. The number of rotatable bonds is 6. The average molecular weight is 445 g/mol. The van der Waals surface area contributed by atoms with Crippen molar-refractivity contribution in [2.75, 3.05) is 24.5 Å². The molecule has 0 radical (unpaired) electrons. The number of ether oxygens (including phenoxy) is 2. The highest BCUT2D eigenvalue weighted by Crippen LogP contribution is 2.30. The van der Waals surface area contributed by atoms with Gasteiger partial charge >= 0.3 is 0 Å². The van der Waals surface area contributed by atoms with Gasteiger partial charge in [0.2, 0.25) is 0 Å². The topological polar surface area (TPSA) is 84.9 Å². The zero-order valence-electron chi connectivity index (χ0n) is 16.1. The van der Waals surface area contributed by atoms with Crippen molar-refractivity contribution in [2.45, 2.75) is 10.3 Å². The summed E-state index contributed by atoms with van der Waals surface area (Å²) >= 11 is 1.16. The predicted molar refractivity (Wildman–Crippen MR) is 115 cm³/mol. The van der Waals surface area contributed by atoms with Gasteiger partial charge < -0.3 is 14.8 Å². The smallest absolute Gasteiger partial charge is 0.273 e. The fourth-order valence-electron chi connectivity index (χ4n) is 2.98. The first kappa shape index (κ1) is 20.2. The van der Waals surface area contributed by atoms with E-state index < -0.39 is 10.0 Å². The van der Waals surface area contributed by atoms with Crippen molar-refractivity contribution in [2.24, 2.45) is 0 Å². The molecule has 1 aliphatic rings. The van der Waals surface area contributed by atoms with Gasteiger partial charge in [0.25, 0.3) is 15.9 Å². The van der Waals surface area contributed by atoms with Crippen LogP contribution in [0.5, 0.6) is 11.5 Å². The van der Waals surface area contributed by atoms with Crippen LogP contribution >= 0.6 is 11.3 Å². The Bertz CT molecular complexity index is 1130. The maximum absolute atomic E-state index is 12.6. The van der Waals surface area contributed by atoms with Crippen LogP contribution in [0.1, 0.15) is 10.4 Å². The van der Waals surface area contributed by atoms with Crippen LogP contribution in [0.25, 0.3) is 0 Å². The molecule has 2 aromatic carbocycles. The number of fused-ring (bicyclic) bond motifs is 1. The van der Waals surface area contributed by atoms with Gasteiger partial charge in [0.05, 0.1) is 12.2 Å². The Morgan fingerprint density at radius 1 is 1.10 bits per heavy atom. The molecule has 0 fully saturated rings. The molecule has 7 nitrogen and oxygen atoms in total. The second-order valence-corrected chi connectivity index (χ2v) is 9.80. The predicted octanol–water partition coefficient (Wildman–Crippen LogP) is 3.14. The Morgan fingerprint density at radius 3 is 2.53 bits per heavy atom. The molecule has 156 valence electrons. The minimum Gasteiger partial charge on any atom is -0.486 e. The van der Waals surface area contributed by atoms with Crippen molar-refractivity contribution in [3.8, 4) is 11.5 Å². The zero-order chi connectivity index (χ0) is 21.1. The molecule has 3 aromatic rings. The van der Waals surface area contributed by atoms with Gasteiger partial charge in [-0.1, -0.05) is 18.2 Å². The molecule has 0 saturated carbocycles. The number of sulfonamides is 1. The van der Waals surface area contributed by atoms with Gasteiger partial charge in [0.15, 0.2) is 11.5 Å². The molecule has 2 heterocycles. The largest absolute Gasteiger partial charge is 0.486 e. The van der Waals surface area contributed by atoms with Crippen molar-refractivity contribution < 1.29 is 22.7 Å². The van der Waals surface area contributed by atoms with Gasteiger partial charge in [0.1, 0.15) is 16.9 Å². The first-order chi connectivity index (χ1) is 14.4. The van der Waals surface area contributed by atoms with Crippen molar-refractivity contribution in [3.05, 3.63) is 71.6 Å². The number of anilines is 1. The van der Waals surface area contributed by atoms with E-state index in [9.17, 15) is 13.2 Å². The fraction of sp³-hybridized carbons (Fsp3) is 0.190. The first-order valence-electron chi connectivity index (χ1n) is 9.24. The Labute approximate surface area is 178 Å². The molecule has 1 unspecified atom stereocenters.